The lowest BCUT2D eigenvalue weighted by atomic mass is 10.2. The fraction of sp³-hybridized carbons (Fsp3) is 0.0769. The van der Waals surface area contributed by atoms with Crippen molar-refractivity contribution < 1.29 is 18.0 Å². The molecule has 0 aliphatic carbocycles. The molecule has 21 heavy (non-hydrogen) atoms. The number of hydrogen-bond donors (Lipinski definition) is 1. The van der Waals surface area contributed by atoms with Crippen molar-refractivity contribution >= 4 is 39.1 Å². The SMILES string of the molecule is O=C(Nc1ccc(Br)c(C(F)(F)F)c1)c1ccc(Cl)nc1. The van der Waals surface area contributed by atoms with Crippen molar-refractivity contribution in [3.8, 4) is 0 Å². The summed E-state index contributed by atoms with van der Waals surface area (Å²) in [5.74, 6) is -0.574. The fourth-order valence-electron chi connectivity index (χ4n) is 1.53. The van der Waals surface area contributed by atoms with Crippen LogP contribution in [0.15, 0.2) is 41.0 Å². The quantitative estimate of drug-likeness (QED) is 0.764. The van der Waals surface area contributed by atoms with Gasteiger partial charge in [0.2, 0.25) is 0 Å². The topological polar surface area (TPSA) is 42.0 Å². The van der Waals surface area contributed by atoms with E-state index in [2.05, 4.69) is 26.2 Å². The number of carbonyl (C=O) groups excluding carboxylic acids is 1. The van der Waals surface area contributed by atoms with E-state index in [1.54, 1.807) is 0 Å². The number of halogens is 5. The summed E-state index contributed by atoms with van der Waals surface area (Å²) in [6, 6.07) is 6.28. The van der Waals surface area contributed by atoms with E-state index in [0.717, 1.165) is 6.07 Å². The van der Waals surface area contributed by atoms with Crippen molar-refractivity contribution in [2.75, 3.05) is 5.32 Å². The minimum absolute atomic E-state index is 0.0328. The predicted octanol–water partition coefficient (Wildman–Crippen LogP) is 4.77. The second-order valence-corrected chi connectivity index (χ2v) is 5.26. The van der Waals surface area contributed by atoms with Gasteiger partial charge in [-0.1, -0.05) is 27.5 Å². The number of benzene rings is 1. The third kappa shape index (κ3) is 3.95. The molecular weight excluding hydrogens is 373 g/mol. The average molecular weight is 380 g/mol. The van der Waals surface area contributed by atoms with Crippen molar-refractivity contribution in [2.45, 2.75) is 6.18 Å². The van der Waals surface area contributed by atoms with E-state index >= 15 is 0 Å². The maximum Gasteiger partial charge on any atom is 0.417 e. The Labute approximate surface area is 131 Å². The smallest absolute Gasteiger partial charge is 0.322 e. The van der Waals surface area contributed by atoms with Crippen molar-refractivity contribution in [1.29, 1.82) is 0 Å². The molecule has 0 aliphatic rings. The Bertz CT molecular complexity index is 674. The maximum absolute atomic E-state index is 12.8. The molecule has 0 unspecified atom stereocenters. The number of pyridine rings is 1. The minimum atomic E-state index is -4.51. The average Bonchev–Trinajstić information content (AvgIpc) is 2.40. The molecule has 0 bridgehead atoms. The lowest BCUT2D eigenvalue weighted by Crippen LogP contribution is -2.13. The normalized spacial score (nSPS) is 11.3. The van der Waals surface area contributed by atoms with Crippen molar-refractivity contribution in [2.24, 2.45) is 0 Å². The molecule has 110 valence electrons. The molecule has 8 heteroatoms. The van der Waals surface area contributed by atoms with Crippen molar-refractivity contribution in [1.82, 2.24) is 4.98 Å². The second kappa shape index (κ2) is 6.03. The van der Waals surface area contributed by atoms with Gasteiger partial charge >= 0.3 is 6.18 Å². The second-order valence-electron chi connectivity index (χ2n) is 4.02. The van der Waals surface area contributed by atoms with Crippen LogP contribution in [-0.2, 0) is 6.18 Å². The fourth-order valence-corrected chi connectivity index (χ4v) is 2.12. The van der Waals surface area contributed by atoms with Crippen LogP contribution < -0.4 is 5.32 Å². The minimum Gasteiger partial charge on any atom is -0.322 e. The Morgan fingerprint density at radius 1 is 1.24 bits per heavy atom. The van der Waals surface area contributed by atoms with Gasteiger partial charge in [0.15, 0.2) is 0 Å². The van der Waals surface area contributed by atoms with E-state index in [-0.39, 0.29) is 20.9 Å². The molecule has 2 aromatic rings. The lowest BCUT2D eigenvalue weighted by molar-refractivity contribution is -0.138. The van der Waals surface area contributed by atoms with Crippen LogP contribution in [0.1, 0.15) is 15.9 Å². The number of nitrogens with one attached hydrogen (secondary N) is 1. The lowest BCUT2D eigenvalue weighted by Gasteiger charge is -2.12. The molecule has 1 amide bonds. The number of nitrogens with zero attached hydrogens (tertiary/aromatic N) is 1. The molecule has 1 heterocycles. The van der Waals surface area contributed by atoms with E-state index in [1.807, 2.05) is 0 Å². The first-order valence-electron chi connectivity index (χ1n) is 5.57. The number of rotatable bonds is 2. The zero-order chi connectivity index (χ0) is 15.6. The summed E-state index contributed by atoms with van der Waals surface area (Å²) in [7, 11) is 0. The number of amides is 1. The number of aromatic nitrogens is 1. The van der Waals surface area contributed by atoms with Crippen LogP contribution in [-0.4, -0.2) is 10.9 Å². The summed E-state index contributed by atoms with van der Waals surface area (Å²) in [6.07, 6.45) is -3.28. The molecule has 0 saturated carbocycles. The van der Waals surface area contributed by atoms with E-state index < -0.39 is 17.6 Å². The van der Waals surface area contributed by atoms with Gasteiger partial charge in [-0.25, -0.2) is 4.98 Å². The highest BCUT2D eigenvalue weighted by molar-refractivity contribution is 9.10. The zero-order valence-electron chi connectivity index (χ0n) is 10.2. The first-order valence-corrected chi connectivity index (χ1v) is 6.74. The first kappa shape index (κ1) is 15.8. The summed E-state index contributed by atoms with van der Waals surface area (Å²) in [6.45, 7) is 0. The van der Waals surface area contributed by atoms with Gasteiger partial charge in [-0.2, -0.15) is 13.2 Å². The third-order valence-electron chi connectivity index (χ3n) is 2.52. The zero-order valence-corrected chi connectivity index (χ0v) is 12.6. The van der Waals surface area contributed by atoms with Gasteiger partial charge in [0.05, 0.1) is 11.1 Å². The molecule has 1 N–H and O–H groups in total. The van der Waals surface area contributed by atoms with E-state index in [1.165, 1.54) is 30.5 Å². The molecule has 1 aromatic carbocycles. The largest absolute Gasteiger partial charge is 0.417 e. The van der Waals surface area contributed by atoms with E-state index in [9.17, 15) is 18.0 Å². The van der Waals surface area contributed by atoms with Gasteiger partial charge < -0.3 is 5.32 Å². The Kier molecular flexibility index (Phi) is 4.53. The highest BCUT2D eigenvalue weighted by atomic mass is 79.9. The van der Waals surface area contributed by atoms with Crippen LogP contribution >= 0.6 is 27.5 Å². The highest BCUT2D eigenvalue weighted by Crippen LogP contribution is 2.36. The summed E-state index contributed by atoms with van der Waals surface area (Å²) < 4.78 is 38.2. The van der Waals surface area contributed by atoms with Gasteiger partial charge in [-0.15, -0.1) is 0 Å². The Balaban J connectivity index is 2.24. The number of anilines is 1. The molecule has 0 spiro atoms. The molecule has 3 nitrogen and oxygen atoms in total. The highest BCUT2D eigenvalue weighted by Gasteiger charge is 2.33. The van der Waals surface area contributed by atoms with Gasteiger partial charge in [-0.3, -0.25) is 4.79 Å². The molecular formula is C13H7BrClF3N2O. The molecule has 0 atom stereocenters. The standard InChI is InChI=1S/C13H7BrClF3N2O/c14-10-3-2-8(5-9(10)13(16,17)18)20-12(21)7-1-4-11(15)19-6-7/h1-6H,(H,20,21). The number of hydrogen-bond acceptors (Lipinski definition) is 2. The monoisotopic (exact) mass is 378 g/mol. The number of carbonyl (C=O) groups is 1. The summed E-state index contributed by atoms with van der Waals surface area (Å²) in [4.78, 5) is 15.6. The Hall–Kier alpha value is -1.60. The predicted molar refractivity (Wildman–Crippen MR) is 76.3 cm³/mol. The summed E-state index contributed by atoms with van der Waals surface area (Å²) in [5, 5.41) is 2.59. The molecule has 1 aromatic heterocycles. The Morgan fingerprint density at radius 3 is 2.52 bits per heavy atom. The van der Waals surface area contributed by atoms with E-state index in [4.69, 9.17) is 11.6 Å². The third-order valence-corrected chi connectivity index (χ3v) is 3.43. The van der Waals surface area contributed by atoms with Crippen molar-refractivity contribution in [3.05, 3.63) is 57.3 Å². The first-order chi connectivity index (χ1) is 9.77. The van der Waals surface area contributed by atoms with Gasteiger partial charge in [0.1, 0.15) is 5.15 Å². The van der Waals surface area contributed by atoms with Crippen molar-refractivity contribution in [3.63, 3.8) is 0 Å². The van der Waals surface area contributed by atoms with Gasteiger partial charge in [0.25, 0.3) is 5.91 Å². The summed E-state index contributed by atoms with van der Waals surface area (Å²) in [5.41, 5.74) is -0.643. The molecule has 0 aliphatic heterocycles. The van der Waals surface area contributed by atoms with Crippen LogP contribution in [0.4, 0.5) is 18.9 Å². The van der Waals surface area contributed by atoms with Gasteiger partial charge in [0, 0.05) is 16.4 Å². The summed E-state index contributed by atoms with van der Waals surface area (Å²) >= 11 is 8.42. The van der Waals surface area contributed by atoms with Crippen LogP contribution in [0.5, 0.6) is 0 Å². The number of alkyl halides is 3. The maximum atomic E-state index is 12.8. The van der Waals surface area contributed by atoms with Crippen LogP contribution in [0.2, 0.25) is 5.15 Å². The van der Waals surface area contributed by atoms with Crippen LogP contribution in [0, 0.1) is 0 Å². The molecule has 0 saturated heterocycles. The molecule has 0 radical (unpaired) electrons. The van der Waals surface area contributed by atoms with Crippen LogP contribution in [0.25, 0.3) is 0 Å². The van der Waals surface area contributed by atoms with Crippen LogP contribution in [0.3, 0.4) is 0 Å². The van der Waals surface area contributed by atoms with Gasteiger partial charge in [-0.05, 0) is 30.3 Å². The molecule has 0 fully saturated rings. The van der Waals surface area contributed by atoms with E-state index in [0.29, 0.717) is 0 Å². The molecule has 2 rings (SSSR count). The Morgan fingerprint density at radius 2 is 1.95 bits per heavy atom.